The number of benzene rings is 1. The van der Waals surface area contributed by atoms with Gasteiger partial charge >= 0.3 is 0 Å². The van der Waals surface area contributed by atoms with Crippen LogP contribution in [-0.4, -0.2) is 40.9 Å². The van der Waals surface area contributed by atoms with Crippen molar-refractivity contribution >= 4 is 17.5 Å². The van der Waals surface area contributed by atoms with Gasteiger partial charge < -0.3 is 20.7 Å². The van der Waals surface area contributed by atoms with Crippen LogP contribution in [0, 0.1) is 5.82 Å². The molecule has 0 spiro atoms. The smallest absolute Gasteiger partial charge is 0.271 e. The number of imidazole rings is 1. The average Bonchev–Trinajstić information content (AvgIpc) is 3.26. The van der Waals surface area contributed by atoms with Crippen LogP contribution >= 0.6 is 0 Å². The summed E-state index contributed by atoms with van der Waals surface area (Å²) in [5.74, 6) is -1.05. The molecule has 0 aliphatic carbocycles. The fourth-order valence-electron chi connectivity index (χ4n) is 3.51. The van der Waals surface area contributed by atoms with Crippen molar-refractivity contribution in [2.24, 2.45) is 0 Å². The van der Waals surface area contributed by atoms with Gasteiger partial charge in [0.25, 0.3) is 11.8 Å². The lowest BCUT2D eigenvalue weighted by Crippen LogP contribution is -2.29. The quantitative estimate of drug-likeness (QED) is 0.515. The lowest BCUT2D eigenvalue weighted by atomic mass is 10.1. The van der Waals surface area contributed by atoms with Crippen molar-refractivity contribution in [3.8, 4) is 5.75 Å². The maximum absolute atomic E-state index is 13.6. The van der Waals surface area contributed by atoms with Gasteiger partial charge in [-0.3, -0.25) is 14.0 Å². The molecule has 33 heavy (non-hydrogen) atoms. The minimum atomic E-state index is -0.472. The minimum absolute atomic E-state index is 0.107. The third kappa shape index (κ3) is 5.03. The summed E-state index contributed by atoms with van der Waals surface area (Å²) in [6, 6.07) is 9.69. The fraction of sp³-hybridized carbons (Fsp3) is 0.208. The van der Waals surface area contributed by atoms with Crippen LogP contribution in [0.1, 0.15) is 33.5 Å². The van der Waals surface area contributed by atoms with Gasteiger partial charge in [-0.05, 0) is 54.6 Å². The molecule has 3 heterocycles. The van der Waals surface area contributed by atoms with Gasteiger partial charge in [0, 0.05) is 25.3 Å². The van der Waals surface area contributed by atoms with Crippen LogP contribution < -0.4 is 20.7 Å². The van der Waals surface area contributed by atoms with E-state index in [0.717, 1.165) is 5.57 Å². The van der Waals surface area contributed by atoms with Crippen LogP contribution in [0.5, 0.6) is 5.75 Å². The first kappa shape index (κ1) is 22.1. The number of amides is 2. The first-order valence-corrected chi connectivity index (χ1v) is 10.4. The molecule has 0 saturated carbocycles. The first-order chi connectivity index (χ1) is 15.9. The lowest BCUT2D eigenvalue weighted by Gasteiger charge is -2.15. The number of hydrogen-bond acceptors (Lipinski definition) is 5. The van der Waals surface area contributed by atoms with Crippen LogP contribution in [0.25, 0.3) is 5.65 Å². The van der Waals surface area contributed by atoms with E-state index >= 15 is 0 Å². The van der Waals surface area contributed by atoms with E-state index in [9.17, 15) is 14.0 Å². The van der Waals surface area contributed by atoms with Crippen LogP contribution in [0.3, 0.4) is 0 Å². The van der Waals surface area contributed by atoms with Crippen LogP contribution in [0.2, 0.25) is 0 Å². The topological polar surface area (TPSA) is 96.8 Å². The number of nitrogens with zero attached hydrogens (tertiary/aromatic N) is 2. The molecule has 9 heteroatoms. The molecule has 1 aliphatic rings. The summed E-state index contributed by atoms with van der Waals surface area (Å²) in [5.41, 5.74) is 2.70. The number of dihydropyridines is 1. The van der Waals surface area contributed by atoms with Gasteiger partial charge in [0.15, 0.2) is 11.6 Å². The number of carbonyl (C=O) groups excluding carboxylic acids is 2. The summed E-state index contributed by atoms with van der Waals surface area (Å²) in [7, 11) is 1.38. The Morgan fingerprint density at radius 2 is 2.00 bits per heavy atom. The number of halogens is 1. The van der Waals surface area contributed by atoms with Crippen molar-refractivity contribution in [3.63, 3.8) is 0 Å². The van der Waals surface area contributed by atoms with Crippen molar-refractivity contribution in [2.45, 2.75) is 19.5 Å². The Morgan fingerprint density at radius 1 is 1.18 bits per heavy atom. The number of fused-ring (bicyclic) bond motifs is 1. The molecule has 0 fully saturated rings. The molecular weight excluding hydrogens is 425 g/mol. The molecule has 3 aromatic rings. The molecule has 1 aromatic carbocycles. The SMILES string of the molecule is COc1cc(CNC(=O)c2cn3c(C(=O)NCC4=CC(C)NC=C4)cccc3n2)ccc1F. The minimum Gasteiger partial charge on any atom is -0.494 e. The van der Waals surface area contributed by atoms with Gasteiger partial charge in [-0.1, -0.05) is 18.2 Å². The molecule has 170 valence electrons. The maximum Gasteiger partial charge on any atom is 0.271 e. The van der Waals surface area contributed by atoms with Crippen molar-refractivity contribution in [1.29, 1.82) is 0 Å². The number of aromatic nitrogens is 2. The Bertz CT molecular complexity index is 1260. The lowest BCUT2D eigenvalue weighted by molar-refractivity contribution is 0.0938. The second kappa shape index (κ2) is 9.56. The predicted molar refractivity (Wildman–Crippen MR) is 121 cm³/mol. The van der Waals surface area contributed by atoms with Crippen LogP contribution in [-0.2, 0) is 6.54 Å². The van der Waals surface area contributed by atoms with E-state index in [4.69, 9.17) is 4.74 Å². The molecule has 2 aromatic heterocycles. The highest BCUT2D eigenvalue weighted by Gasteiger charge is 2.16. The zero-order valence-corrected chi connectivity index (χ0v) is 18.3. The van der Waals surface area contributed by atoms with Crippen molar-refractivity contribution in [2.75, 3.05) is 13.7 Å². The molecule has 3 N–H and O–H groups in total. The third-order valence-corrected chi connectivity index (χ3v) is 5.20. The summed E-state index contributed by atoms with van der Waals surface area (Å²) in [6.07, 6.45) is 7.33. The number of pyridine rings is 1. The zero-order valence-electron chi connectivity index (χ0n) is 18.3. The van der Waals surface area contributed by atoms with Gasteiger partial charge in [-0.15, -0.1) is 0 Å². The van der Waals surface area contributed by atoms with E-state index in [2.05, 4.69) is 20.9 Å². The number of methoxy groups -OCH3 is 1. The Hall–Kier alpha value is -4.14. The average molecular weight is 449 g/mol. The molecule has 1 aliphatic heterocycles. The van der Waals surface area contributed by atoms with Gasteiger partial charge in [0.05, 0.1) is 7.11 Å². The first-order valence-electron chi connectivity index (χ1n) is 10.4. The molecule has 0 bridgehead atoms. The van der Waals surface area contributed by atoms with Gasteiger partial charge in [0.2, 0.25) is 0 Å². The molecule has 0 radical (unpaired) electrons. The van der Waals surface area contributed by atoms with E-state index in [1.807, 2.05) is 25.3 Å². The number of carbonyl (C=O) groups is 2. The summed E-state index contributed by atoms with van der Waals surface area (Å²) >= 11 is 0. The van der Waals surface area contributed by atoms with Crippen molar-refractivity contribution in [3.05, 3.63) is 89.3 Å². The van der Waals surface area contributed by atoms with E-state index in [0.29, 0.717) is 23.4 Å². The van der Waals surface area contributed by atoms with Gasteiger partial charge in [0.1, 0.15) is 17.0 Å². The molecule has 8 nitrogen and oxygen atoms in total. The predicted octanol–water partition coefficient (Wildman–Crippen LogP) is 2.57. The molecule has 4 rings (SSSR count). The number of ether oxygens (including phenoxy) is 1. The van der Waals surface area contributed by atoms with E-state index in [1.54, 1.807) is 28.7 Å². The Labute approximate surface area is 190 Å². The van der Waals surface area contributed by atoms with E-state index < -0.39 is 11.7 Å². The second-order valence-corrected chi connectivity index (χ2v) is 7.63. The van der Waals surface area contributed by atoms with Crippen LogP contribution in [0.15, 0.2) is 66.5 Å². The second-order valence-electron chi connectivity index (χ2n) is 7.63. The zero-order chi connectivity index (χ0) is 23.4. The summed E-state index contributed by atoms with van der Waals surface area (Å²) < 4.78 is 20.1. The maximum atomic E-state index is 13.6. The van der Waals surface area contributed by atoms with Crippen molar-refractivity contribution < 1.29 is 18.7 Å². The third-order valence-electron chi connectivity index (χ3n) is 5.20. The molecule has 1 atom stereocenters. The largest absolute Gasteiger partial charge is 0.494 e. The Kier molecular flexibility index (Phi) is 6.39. The van der Waals surface area contributed by atoms with Crippen molar-refractivity contribution in [1.82, 2.24) is 25.3 Å². The van der Waals surface area contributed by atoms with Crippen LogP contribution in [0.4, 0.5) is 4.39 Å². The molecule has 1 unspecified atom stereocenters. The highest BCUT2D eigenvalue weighted by Crippen LogP contribution is 2.18. The standard InChI is InChI=1S/C24H24FN5O3/c1-15-10-17(8-9-26-15)13-28-24(32)20-4-3-5-22-29-19(14-30(20)22)23(31)27-12-16-6-7-18(25)21(11-16)33-2/h3-11,14-15,26H,12-13H2,1-2H3,(H,27,31)(H,28,32). The van der Waals surface area contributed by atoms with Gasteiger partial charge in [-0.25, -0.2) is 9.37 Å². The summed E-state index contributed by atoms with van der Waals surface area (Å²) in [5, 5.41) is 8.81. The summed E-state index contributed by atoms with van der Waals surface area (Å²) in [4.78, 5) is 29.8. The molecule has 0 saturated heterocycles. The highest BCUT2D eigenvalue weighted by atomic mass is 19.1. The Morgan fingerprint density at radius 3 is 2.79 bits per heavy atom. The highest BCUT2D eigenvalue weighted by molar-refractivity contribution is 5.95. The monoisotopic (exact) mass is 449 g/mol. The molecule has 2 amide bonds. The fourth-order valence-corrected chi connectivity index (χ4v) is 3.51. The Balaban J connectivity index is 1.45. The number of rotatable bonds is 7. The number of hydrogen-bond donors (Lipinski definition) is 3. The van der Waals surface area contributed by atoms with Gasteiger partial charge in [-0.2, -0.15) is 0 Å². The summed E-state index contributed by atoms with van der Waals surface area (Å²) in [6.45, 7) is 2.59. The van der Waals surface area contributed by atoms with E-state index in [1.165, 1.54) is 25.4 Å². The number of nitrogens with one attached hydrogen (secondary N) is 3. The normalized spacial score (nSPS) is 15.0. The molecular formula is C24H24FN5O3. The van der Waals surface area contributed by atoms with E-state index in [-0.39, 0.29) is 29.9 Å².